The van der Waals surface area contributed by atoms with E-state index in [0.29, 0.717) is 23.3 Å². The molecule has 4 aliphatic rings. The van der Waals surface area contributed by atoms with Crippen LogP contribution in [0.4, 0.5) is 0 Å². The van der Waals surface area contributed by atoms with Gasteiger partial charge in [0.05, 0.1) is 5.92 Å². The molecule has 0 aromatic rings. The van der Waals surface area contributed by atoms with Gasteiger partial charge in [0.15, 0.2) is 0 Å². The van der Waals surface area contributed by atoms with Crippen molar-refractivity contribution in [2.24, 2.45) is 23.2 Å². The number of ether oxygens (including phenoxy) is 1. The molecule has 0 N–H and O–H groups in total. The molecule has 3 nitrogen and oxygen atoms in total. The molecule has 0 amide bonds. The number of carbonyl (C=O) groups excluding carboxylic acids is 1. The Hall–Kier alpha value is -0.830. The molecular formula is C22H35NO2. The SMILES string of the molecule is C=C1CCC[C@]2(C)C[C@H]3OC(=O)[C@H](CN4CCCC[C@@H]4CC)[C@H]3C[C@@H]12. The average Bonchev–Trinajstić information content (AvgIpc) is 2.88. The van der Waals surface area contributed by atoms with Crippen LogP contribution in [0.1, 0.15) is 71.6 Å². The minimum Gasteiger partial charge on any atom is -0.462 e. The Bertz CT molecular complexity index is 544. The van der Waals surface area contributed by atoms with Crippen molar-refractivity contribution < 1.29 is 9.53 Å². The lowest BCUT2D eigenvalue weighted by Crippen LogP contribution is -2.47. The van der Waals surface area contributed by atoms with Crippen molar-refractivity contribution >= 4 is 5.97 Å². The lowest BCUT2D eigenvalue weighted by atomic mass is 9.55. The molecule has 0 aromatic heterocycles. The number of rotatable bonds is 3. The Labute approximate surface area is 153 Å². The topological polar surface area (TPSA) is 29.5 Å². The summed E-state index contributed by atoms with van der Waals surface area (Å²) in [6, 6.07) is 0.666. The van der Waals surface area contributed by atoms with Crippen LogP contribution in [-0.2, 0) is 9.53 Å². The summed E-state index contributed by atoms with van der Waals surface area (Å²) in [7, 11) is 0. The molecule has 0 aromatic carbocycles. The van der Waals surface area contributed by atoms with E-state index in [0.717, 1.165) is 25.9 Å². The number of hydrogen-bond donors (Lipinski definition) is 0. The number of hydrogen-bond acceptors (Lipinski definition) is 3. The first-order valence-electron chi connectivity index (χ1n) is 10.6. The highest BCUT2D eigenvalue weighted by Gasteiger charge is 2.55. The van der Waals surface area contributed by atoms with Crippen LogP contribution in [-0.4, -0.2) is 36.1 Å². The molecule has 2 aliphatic heterocycles. The molecule has 140 valence electrons. The normalized spacial score (nSPS) is 45.0. The van der Waals surface area contributed by atoms with Crippen molar-refractivity contribution in [3.8, 4) is 0 Å². The summed E-state index contributed by atoms with van der Waals surface area (Å²) in [5.41, 5.74) is 1.75. The number of allylic oxidation sites excluding steroid dienone is 1. The zero-order valence-electron chi connectivity index (χ0n) is 16.1. The van der Waals surface area contributed by atoms with Crippen LogP contribution in [0.2, 0.25) is 0 Å². The Kier molecular flexibility index (Phi) is 4.72. The standard InChI is InChI=1S/C22H35NO2/c1-4-16-9-5-6-11-23(16)14-18-17-12-19-15(2)8-7-10-22(19,3)13-20(17)25-21(18)24/h16-20H,2,4-14H2,1,3H3/t16-,17+,18+,19-,20+,22+/m0/s1. The fraction of sp³-hybridized carbons (Fsp3) is 0.864. The highest BCUT2D eigenvalue weighted by atomic mass is 16.6. The van der Waals surface area contributed by atoms with Gasteiger partial charge in [-0.15, -0.1) is 0 Å². The summed E-state index contributed by atoms with van der Waals surface area (Å²) in [6.07, 6.45) is 11.2. The second kappa shape index (κ2) is 6.72. The monoisotopic (exact) mass is 345 g/mol. The number of piperidine rings is 1. The molecule has 2 aliphatic carbocycles. The predicted octanol–water partition coefficient (Wildman–Crippen LogP) is 4.57. The van der Waals surface area contributed by atoms with E-state index in [1.54, 1.807) is 0 Å². The van der Waals surface area contributed by atoms with E-state index in [1.807, 2.05) is 0 Å². The van der Waals surface area contributed by atoms with Gasteiger partial charge in [-0.25, -0.2) is 0 Å². The van der Waals surface area contributed by atoms with Crippen LogP contribution in [0.5, 0.6) is 0 Å². The molecule has 0 radical (unpaired) electrons. The van der Waals surface area contributed by atoms with Crippen molar-refractivity contribution in [2.45, 2.75) is 83.8 Å². The van der Waals surface area contributed by atoms with E-state index in [2.05, 4.69) is 25.3 Å². The Morgan fingerprint density at radius 3 is 2.96 bits per heavy atom. The van der Waals surface area contributed by atoms with Crippen molar-refractivity contribution in [3.05, 3.63) is 12.2 Å². The molecule has 0 bridgehead atoms. The predicted molar refractivity (Wildman–Crippen MR) is 100 cm³/mol. The first-order valence-corrected chi connectivity index (χ1v) is 10.6. The number of esters is 1. The Morgan fingerprint density at radius 2 is 2.16 bits per heavy atom. The summed E-state index contributed by atoms with van der Waals surface area (Å²) < 4.78 is 5.94. The Morgan fingerprint density at radius 1 is 1.32 bits per heavy atom. The molecule has 4 rings (SSSR count). The van der Waals surface area contributed by atoms with Crippen LogP contribution in [0.25, 0.3) is 0 Å². The van der Waals surface area contributed by atoms with E-state index in [4.69, 9.17) is 4.74 Å². The van der Waals surface area contributed by atoms with Gasteiger partial charge in [-0.1, -0.05) is 32.4 Å². The minimum atomic E-state index is 0.0864. The molecule has 2 saturated carbocycles. The van der Waals surface area contributed by atoms with E-state index < -0.39 is 0 Å². The van der Waals surface area contributed by atoms with Crippen molar-refractivity contribution in [2.75, 3.05) is 13.1 Å². The van der Waals surface area contributed by atoms with Gasteiger partial charge in [0.1, 0.15) is 6.10 Å². The van der Waals surface area contributed by atoms with E-state index in [9.17, 15) is 4.79 Å². The fourth-order valence-corrected chi connectivity index (χ4v) is 6.48. The molecule has 4 fully saturated rings. The molecule has 6 atom stereocenters. The number of likely N-dealkylation sites (tertiary alicyclic amines) is 1. The molecule has 2 saturated heterocycles. The molecule has 2 heterocycles. The van der Waals surface area contributed by atoms with Gasteiger partial charge in [-0.05, 0) is 69.2 Å². The van der Waals surface area contributed by atoms with Gasteiger partial charge in [0.25, 0.3) is 0 Å². The van der Waals surface area contributed by atoms with Crippen molar-refractivity contribution in [1.82, 2.24) is 4.90 Å². The average molecular weight is 346 g/mol. The Balaban J connectivity index is 1.51. The smallest absolute Gasteiger partial charge is 0.310 e. The van der Waals surface area contributed by atoms with E-state index in [-0.39, 0.29) is 18.0 Å². The second-order valence-electron chi connectivity index (χ2n) is 9.46. The number of carbonyl (C=O) groups is 1. The first-order chi connectivity index (χ1) is 12.0. The van der Waals surface area contributed by atoms with Crippen LogP contribution in [0.15, 0.2) is 12.2 Å². The first kappa shape index (κ1) is 17.6. The van der Waals surface area contributed by atoms with E-state index >= 15 is 0 Å². The largest absolute Gasteiger partial charge is 0.462 e. The van der Waals surface area contributed by atoms with Gasteiger partial charge < -0.3 is 4.74 Å². The maximum Gasteiger partial charge on any atom is 0.310 e. The van der Waals surface area contributed by atoms with Crippen LogP contribution in [0, 0.1) is 23.2 Å². The van der Waals surface area contributed by atoms with Crippen LogP contribution < -0.4 is 0 Å². The third-order valence-corrected chi connectivity index (χ3v) is 7.97. The minimum absolute atomic E-state index is 0.0864. The van der Waals surface area contributed by atoms with E-state index in [1.165, 1.54) is 50.5 Å². The van der Waals surface area contributed by atoms with Crippen LogP contribution >= 0.6 is 0 Å². The fourth-order valence-electron chi connectivity index (χ4n) is 6.48. The van der Waals surface area contributed by atoms with Gasteiger partial charge in [0, 0.05) is 18.5 Å². The zero-order valence-corrected chi connectivity index (χ0v) is 16.1. The summed E-state index contributed by atoms with van der Waals surface area (Å²) >= 11 is 0. The maximum absolute atomic E-state index is 12.7. The molecular weight excluding hydrogens is 310 g/mol. The number of fused-ring (bicyclic) bond motifs is 2. The van der Waals surface area contributed by atoms with Gasteiger partial charge in [-0.2, -0.15) is 0 Å². The molecule has 0 spiro atoms. The number of nitrogens with zero attached hydrogens (tertiary/aromatic N) is 1. The highest BCUT2D eigenvalue weighted by molar-refractivity contribution is 5.75. The maximum atomic E-state index is 12.7. The van der Waals surface area contributed by atoms with Gasteiger partial charge >= 0.3 is 5.97 Å². The quantitative estimate of drug-likeness (QED) is 0.554. The van der Waals surface area contributed by atoms with Gasteiger partial charge in [-0.3, -0.25) is 9.69 Å². The summed E-state index contributed by atoms with van der Waals surface area (Å²) in [5, 5.41) is 0. The lowest BCUT2D eigenvalue weighted by Gasteiger charge is -2.50. The zero-order chi connectivity index (χ0) is 17.6. The van der Waals surface area contributed by atoms with Crippen molar-refractivity contribution in [1.29, 1.82) is 0 Å². The molecule has 0 unspecified atom stereocenters. The molecule has 3 heteroatoms. The molecule has 25 heavy (non-hydrogen) atoms. The van der Waals surface area contributed by atoms with Crippen molar-refractivity contribution in [3.63, 3.8) is 0 Å². The summed E-state index contributed by atoms with van der Waals surface area (Å²) in [5.74, 6) is 1.20. The van der Waals surface area contributed by atoms with Crippen LogP contribution in [0.3, 0.4) is 0 Å². The third-order valence-electron chi connectivity index (χ3n) is 7.97. The lowest BCUT2D eigenvalue weighted by molar-refractivity contribution is -0.146. The highest BCUT2D eigenvalue weighted by Crippen LogP contribution is 2.57. The second-order valence-corrected chi connectivity index (χ2v) is 9.46. The third kappa shape index (κ3) is 3.07. The van der Waals surface area contributed by atoms with Gasteiger partial charge in [0.2, 0.25) is 0 Å². The summed E-state index contributed by atoms with van der Waals surface area (Å²) in [6.45, 7) is 11.2. The summed E-state index contributed by atoms with van der Waals surface area (Å²) in [4.78, 5) is 15.3.